The molecule has 12 heavy (non-hydrogen) atoms. The number of unbranched alkanes of at least 4 members (excludes halogenated alkanes) is 1. The molecule has 0 aliphatic heterocycles. The first-order chi connectivity index (χ1) is 5.85. The Kier molecular flexibility index (Phi) is 6.65. The van der Waals surface area contributed by atoms with E-state index in [4.69, 9.17) is 0 Å². The molecule has 0 aromatic carbocycles. The summed E-state index contributed by atoms with van der Waals surface area (Å²) in [5.41, 5.74) is 0.468. The minimum atomic E-state index is 0.468. The molecule has 0 aliphatic carbocycles. The number of rotatable bonds is 5. The van der Waals surface area contributed by atoms with Crippen LogP contribution in [0.3, 0.4) is 0 Å². The molecule has 0 fully saturated rings. The van der Waals surface area contributed by atoms with Gasteiger partial charge in [0.15, 0.2) is 0 Å². The molecule has 0 aromatic rings. The standard InChI is InChI=1S/C8H10N2O2/c1-2-3-4-8(10-7-12)5-9-6-11/h5H,2-4H2,1H3. The second-order valence-corrected chi connectivity index (χ2v) is 2.15. The molecule has 0 saturated carbocycles. The summed E-state index contributed by atoms with van der Waals surface area (Å²) < 4.78 is 0. The lowest BCUT2D eigenvalue weighted by atomic mass is 10.2. The van der Waals surface area contributed by atoms with Gasteiger partial charge in [-0.2, -0.15) is 9.98 Å². The number of hydrogen-bond acceptors (Lipinski definition) is 4. The Morgan fingerprint density at radius 1 is 1.42 bits per heavy atom. The third-order valence-electron chi connectivity index (χ3n) is 1.24. The average molecular weight is 166 g/mol. The van der Waals surface area contributed by atoms with E-state index < -0.39 is 0 Å². The number of carbonyl (C=O) groups excluding carboxylic acids is 2. The van der Waals surface area contributed by atoms with Crippen LogP contribution in [0.15, 0.2) is 21.9 Å². The smallest absolute Gasteiger partial charge is 0.211 e. The Balaban J connectivity index is 4.21. The lowest BCUT2D eigenvalue weighted by Crippen LogP contribution is -1.78. The number of nitrogens with zero attached hydrogens (tertiary/aromatic N) is 2. The summed E-state index contributed by atoms with van der Waals surface area (Å²) in [7, 11) is 0. The number of isocyanates is 2. The quantitative estimate of drug-likeness (QED) is 0.461. The van der Waals surface area contributed by atoms with Crippen LogP contribution in [0.5, 0.6) is 0 Å². The monoisotopic (exact) mass is 166 g/mol. The fourth-order valence-corrected chi connectivity index (χ4v) is 0.667. The van der Waals surface area contributed by atoms with E-state index in [0.29, 0.717) is 12.1 Å². The van der Waals surface area contributed by atoms with E-state index in [0.717, 1.165) is 12.8 Å². The van der Waals surface area contributed by atoms with Crippen molar-refractivity contribution in [3.05, 3.63) is 11.9 Å². The van der Waals surface area contributed by atoms with Crippen LogP contribution in [-0.2, 0) is 9.59 Å². The molecule has 0 aromatic heterocycles. The zero-order valence-corrected chi connectivity index (χ0v) is 6.91. The van der Waals surface area contributed by atoms with Crippen LogP contribution < -0.4 is 0 Å². The Morgan fingerprint density at radius 2 is 2.17 bits per heavy atom. The molecule has 64 valence electrons. The summed E-state index contributed by atoms with van der Waals surface area (Å²) in [5.74, 6) is 0. The van der Waals surface area contributed by atoms with Crippen LogP contribution in [0.25, 0.3) is 0 Å². The molecule has 0 spiro atoms. The highest BCUT2D eigenvalue weighted by molar-refractivity contribution is 5.38. The van der Waals surface area contributed by atoms with Crippen LogP contribution in [-0.4, -0.2) is 12.2 Å². The van der Waals surface area contributed by atoms with Gasteiger partial charge < -0.3 is 0 Å². The van der Waals surface area contributed by atoms with E-state index in [9.17, 15) is 9.59 Å². The van der Waals surface area contributed by atoms with Gasteiger partial charge in [-0.05, 0) is 12.8 Å². The van der Waals surface area contributed by atoms with E-state index in [-0.39, 0.29) is 0 Å². The Labute approximate surface area is 70.7 Å². The van der Waals surface area contributed by atoms with Crippen molar-refractivity contribution in [3.8, 4) is 0 Å². The highest BCUT2D eigenvalue weighted by Gasteiger charge is 1.92. The van der Waals surface area contributed by atoms with Gasteiger partial charge in [0, 0.05) is 0 Å². The van der Waals surface area contributed by atoms with Crippen LogP contribution >= 0.6 is 0 Å². The first-order valence-electron chi connectivity index (χ1n) is 3.69. The molecule has 0 heterocycles. The van der Waals surface area contributed by atoms with Crippen LogP contribution in [0.2, 0.25) is 0 Å². The van der Waals surface area contributed by atoms with Gasteiger partial charge in [-0.3, -0.25) is 0 Å². The first-order valence-corrected chi connectivity index (χ1v) is 3.69. The largest absolute Gasteiger partial charge is 0.240 e. The van der Waals surface area contributed by atoms with E-state index in [1.807, 2.05) is 6.92 Å². The van der Waals surface area contributed by atoms with Gasteiger partial charge in [-0.1, -0.05) is 13.3 Å². The molecule has 0 radical (unpaired) electrons. The van der Waals surface area contributed by atoms with Gasteiger partial charge in [0.1, 0.15) is 0 Å². The molecule has 4 nitrogen and oxygen atoms in total. The van der Waals surface area contributed by atoms with E-state index in [2.05, 4.69) is 9.98 Å². The van der Waals surface area contributed by atoms with Crippen molar-refractivity contribution < 1.29 is 9.59 Å². The minimum Gasteiger partial charge on any atom is -0.211 e. The summed E-state index contributed by atoms with van der Waals surface area (Å²) >= 11 is 0. The zero-order chi connectivity index (χ0) is 9.23. The van der Waals surface area contributed by atoms with Gasteiger partial charge in [0.2, 0.25) is 12.2 Å². The summed E-state index contributed by atoms with van der Waals surface area (Å²) in [6, 6.07) is 0. The molecule has 0 atom stereocenters. The van der Waals surface area contributed by atoms with Crippen molar-refractivity contribution in [2.24, 2.45) is 9.98 Å². The summed E-state index contributed by atoms with van der Waals surface area (Å²) in [6.45, 7) is 2.02. The van der Waals surface area contributed by atoms with Crippen LogP contribution in [0.4, 0.5) is 0 Å². The van der Waals surface area contributed by atoms with Crippen LogP contribution in [0.1, 0.15) is 26.2 Å². The van der Waals surface area contributed by atoms with E-state index in [1.165, 1.54) is 18.4 Å². The van der Waals surface area contributed by atoms with E-state index in [1.54, 1.807) is 0 Å². The topological polar surface area (TPSA) is 58.9 Å². The highest BCUT2D eigenvalue weighted by Crippen LogP contribution is 2.07. The first kappa shape index (κ1) is 10.5. The maximum Gasteiger partial charge on any atom is 0.240 e. The zero-order valence-electron chi connectivity index (χ0n) is 6.91. The lowest BCUT2D eigenvalue weighted by Gasteiger charge is -1.93. The maximum absolute atomic E-state index is 9.87. The molecule has 4 heteroatoms. The maximum atomic E-state index is 9.87. The molecule has 0 N–H and O–H groups in total. The van der Waals surface area contributed by atoms with Crippen molar-refractivity contribution in [1.82, 2.24) is 0 Å². The molecular formula is C8H10N2O2. The van der Waals surface area contributed by atoms with Crippen molar-refractivity contribution in [3.63, 3.8) is 0 Å². The predicted octanol–water partition coefficient (Wildman–Crippen LogP) is 1.69. The van der Waals surface area contributed by atoms with Crippen LogP contribution in [0, 0.1) is 0 Å². The third-order valence-corrected chi connectivity index (χ3v) is 1.24. The molecule has 0 amide bonds. The van der Waals surface area contributed by atoms with Crippen molar-refractivity contribution in [2.45, 2.75) is 26.2 Å². The minimum absolute atomic E-state index is 0.468. The summed E-state index contributed by atoms with van der Waals surface area (Å²) in [6.07, 6.45) is 6.51. The third kappa shape index (κ3) is 5.30. The second-order valence-electron chi connectivity index (χ2n) is 2.15. The number of aliphatic imine (C=N–C) groups is 2. The highest BCUT2D eigenvalue weighted by atomic mass is 16.1. The van der Waals surface area contributed by atoms with Gasteiger partial charge in [0.25, 0.3) is 0 Å². The summed E-state index contributed by atoms with van der Waals surface area (Å²) in [4.78, 5) is 26.2. The van der Waals surface area contributed by atoms with Gasteiger partial charge in [-0.25, -0.2) is 9.59 Å². The Bertz CT molecular complexity index is 246. The predicted molar refractivity (Wildman–Crippen MR) is 43.9 cm³/mol. The Hall–Kier alpha value is -1.50. The van der Waals surface area contributed by atoms with Gasteiger partial charge >= 0.3 is 0 Å². The Morgan fingerprint density at radius 3 is 2.67 bits per heavy atom. The fraction of sp³-hybridized carbons (Fsp3) is 0.500. The van der Waals surface area contributed by atoms with E-state index >= 15 is 0 Å². The number of allylic oxidation sites excluding steroid dienone is 1. The summed E-state index contributed by atoms with van der Waals surface area (Å²) in [5, 5.41) is 0. The molecule has 0 bridgehead atoms. The SMILES string of the molecule is CCCCC(=CN=C=O)N=C=O. The molecular weight excluding hydrogens is 156 g/mol. The van der Waals surface area contributed by atoms with Crippen molar-refractivity contribution >= 4 is 12.2 Å². The van der Waals surface area contributed by atoms with Gasteiger partial charge in [-0.15, -0.1) is 0 Å². The van der Waals surface area contributed by atoms with Gasteiger partial charge in [0.05, 0.1) is 11.9 Å². The number of hydrogen-bond donors (Lipinski definition) is 0. The normalized spacial score (nSPS) is 9.92. The molecule has 0 saturated heterocycles. The van der Waals surface area contributed by atoms with Crippen molar-refractivity contribution in [1.29, 1.82) is 0 Å². The average Bonchev–Trinajstić information content (AvgIpc) is 2.10. The molecule has 0 unspecified atom stereocenters. The molecule has 0 rings (SSSR count). The van der Waals surface area contributed by atoms with Crippen molar-refractivity contribution in [2.75, 3.05) is 0 Å². The fourth-order valence-electron chi connectivity index (χ4n) is 0.667. The second kappa shape index (κ2) is 7.61. The lowest BCUT2D eigenvalue weighted by molar-refractivity contribution is 0.562. The molecule has 0 aliphatic rings.